The van der Waals surface area contributed by atoms with Gasteiger partial charge in [-0.15, -0.1) is 11.3 Å². The lowest BCUT2D eigenvalue weighted by atomic mass is 10.3. The topological polar surface area (TPSA) is 119 Å². The normalized spacial score (nSPS) is 11.1. The second-order valence-electron chi connectivity index (χ2n) is 3.95. The van der Waals surface area contributed by atoms with Crippen LogP contribution in [0.4, 0.5) is 10.8 Å². The summed E-state index contributed by atoms with van der Waals surface area (Å²) in [6.45, 7) is 1.32. The van der Waals surface area contributed by atoms with Crippen LogP contribution in [0.25, 0.3) is 0 Å². The number of hydrogen-bond acceptors (Lipinski definition) is 7. The molecule has 0 fully saturated rings. The first-order valence-electron chi connectivity index (χ1n) is 5.53. The van der Waals surface area contributed by atoms with E-state index in [1.165, 1.54) is 12.3 Å². The summed E-state index contributed by atoms with van der Waals surface area (Å²) in [7, 11) is -3.90. The van der Waals surface area contributed by atoms with Gasteiger partial charge >= 0.3 is 0 Å². The van der Waals surface area contributed by atoms with Crippen molar-refractivity contribution in [3.63, 3.8) is 0 Å². The van der Waals surface area contributed by atoms with Gasteiger partial charge in [-0.2, -0.15) is 0 Å². The second kappa shape index (κ2) is 5.58. The van der Waals surface area contributed by atoms with E-state index in [-0.39, 0.29) is 27.2 Å². The number of non-ortho nitro benzene ring substituents is 1. The van der Waals surface area contributed by atoms with E-state index in [0.29, 0.717) is 0 Å². The highest BCUT2D eigenvalue weighted by Gasteiger charge is 2.18. The third-order valence-electron chi connectivity index (χ3n) is 2.44. The maximum absolute atomic E-state index is 12.1. The van der Waals surface area contributed by atoms with Gasteiger partial charge in [0.1, 0.15) is 5.69 Å². The number of anilines is 1. The molecular formula is C11H9N3O5S2. The summed E-state index contributed by atoms with van der Waals surface area (Å²) in [6, 6.07) is 4.44. The standard InChI is InChI=1S/C11H9N3O5S2/c1-7(15)10-6-20-11(12-10)13-21(18,19)9-4-2-8(3-5-9)14(16)17/h2-6H,1H3,(H,12,13). The maximum Gasteiger partial charge on any atom is 0.269 e. The predicted molar refractivity (Wildman–Crippen MR) is 76.0 cm³/mol. The Balaban J connectivity index is 2.24. The first kappa shape index (κ1) is 15.1. The molecule has 0 aliphatic rings. The summed E-state index contributed by atoms with van der Waals surface area (Å²) in [5.41, 5.74) is -0.0385. The molecule has 1 aromatic carbocycles. The van der Waals surface area contributed by atoms with Gasteiger partial charge in [0.2, 0.25) is 0 Å². The molecule has 0 spiro atoms. The van der Waals surface area contributed by atoms with Gasteiger partial charge in [0.25, 0.3) is 15.7 Å². The quantitative estimate of drug-likeness (QED) is 0.510. The number of nitrogens with zero attached hydrogens (tertiary/aromatic N) is 2. The lowest BCUT2D eigenvalue weighted by Crippen LogP contribution is -2.13. The van der Waals surface area contributed by atoms with Crippen LogP contribution in [0, 0.1) is 10.1 Å². The van der Waals surface area contributed by atoms with Gasteiger partial charge < -0.3 is 0 Å². The number of carbonyl (C=O) groups excluding carboxylic acids is 1. The first-order valence-corrected chi connectivity index (χ1v) is 7.89. The molecule has 0 aliphatic carbocycles. The molecule has 0 aliphatic heterocycles. The number of aromatic nitrogens is 1. The minimum Gasteiger partial charge on any atom is -0.293 e. The number of benzene rings is 1. The Labute approximate surface area is 123 Å². The van der Waals surface area contributed by atoms with Crippen molar-refractivity contribution in [1.29, 1.82) is 0 Å². The van der Waals surface area contributed by atoms with E-state index < -0.39 is 14.9 Å². The van der Waals surface area contributed by atoms with Crippen LogP contribution < -0.4 is 4.72 Å². The third kappa shape index (κ3) is 3.41. The first-order chi connectivity index (χ1) is 9.79. The van der Waals surface area contributed by atoms with Gasteiger partial charge in [-0.05, 0) is 12.1 Å². The molecule has 0 radical (unpaired) electrons. The molecule has 0 amide bonds. The minimum atomic E-state index is -3.90. The fraction of sp³-hybridized carbons (Fsp3) is 0.0909. The van der Waals surface area contributed by atoms with Crippen LogP contribution in [0.2, 0.25) is 0 Å². The summed E-state index contributed by atoms with van der Waals surface area (Å²) in [5, 5.41) is 12.0. The molecule has 2 aromatic rings. The van der Waals surface area contributed by atoms with E-state index in [0.717, 1.165) is 35.6 Å². The van der Waals surface area contributed by atoms with Crippen LogP contribution in [0.3, 0.4) is 0 Å². The SMILES string of the molecule is CC(=O)c1csc(NS(=O)(=O)c2ccc([N+](=O)[O-])cc2)n1. The Kier molecular flexibility index (Phi) is 4.00. The summed E-state index contributed by atoms with van der Waals surface area (Å²) < 4.78 is 26.3. The van der Waals surface area contributed by atoms with Gasteiger partial charge in [0.05, 0.1) is 9.82 Å². The number of nitrogens with one attached hydrogen (secondary N) is 1. The zero-order valence-corrected chi connectivity index (χ0v) is 12.3. The van der Waals surface area contributed by atoms with Crippen molar-refractivity contribution in [1.82, 2.24) is 4.98 Å². The number of thiazole rings is 1. The zero-order chi connectivity index (χ0) is 15.6. The van der Waals surface area contributed by atoms with E-state index in [9.17, 15) is 23.3 Å². The van der Waals surface area contributed by atoms with Crippen LogP contribution in [0.5, 0.6) is 0 Å². The molecule has 21 heavy (non-hydrogen) atoms. The molecule has 1 heterocycles. The van der Waals surface area contributed by atoms with Gasteiger partial charge in [-0.25, -0.2) is 13.4 Å². The number of ketones is 1. The Bertz CT molecular complexity index is 796. The van der Waals surface area contributed by atoms with Crippen molar-refractivity contribution in [3.05, 3.63) is 45.5 Å². The number of carbonyl (C=O) groups is 1. The Morgan fingerprint density at radius 1 is 1.33 bits per heavy atom. The van der Waals surface area contributed by atoms with Crippen LogP contribution in [-0.2, 0) is 10.0 Å². The second-order valence-corrected chi connectivity index (χ2v) is 6.49. The number of nitro groups is 1. The summed E-state index contributed by atoms with van der Waals surface area (Å²) in [4.78, 5) is 24.7. The molecular weight excluding hydrogens is 318 g/mol. The van der Waals surface area contributed by atoms with Crippen molar-refractivity contribution in [2.75, 3.05) is 4.72 Å². The number of nitro benzene ring substituents is 1. The molecule has 0 atom stereocenters. The molecule has 1 N–H and O–H groups in total. The van der Waals surface area contributed by atoms with Crippen molar-refractivity contribution in [2.45, 2.75) is 11.8 Å². The summed E-state index contributed by atoms with van der Waals surface area (Å²) in [5.74, 6) is -0.271. The van der Waals surface area contributed by atoms with E-state index in [1.54, 1.807) is 0 Å². The van der Waals surface area contributed by atoms with E-state index in [1.807, 2.05) is 0 Å². The van der Waals surface area contributed by atoms with Crippen LogP contribution in [-0.4, -0.2) is 24.1 Å². The number of sulfonamides is 1. The smallest absolute Gasteiger partial charge is 0.269 e. The number of rotatable bonds is 5. The van der Waals surface area contributed by atoms with Crippen LogP contribution in [0.15, 0.2) is 34.5 Å². The van der Waals surface area contributed by atoms with Crippen LogP contribution >= 0.6 is 11.3 Å². The Morgan fingerprint density at radius 2 is 1.95 bits per heavy atom. The molecule has 1 aromatic heterocycles. The van der Waals surface area contributed by atoms with Crippen molar-refractivity contribution < 1.29 is 18.1 Å². The average Bonchev–Trinajstić information content (AvgIpc) is 2.87. The Hall–Kier alpha value is -2.33. The number of Topliss-reactive ketones (excluding diaryl/α,β-unsaturated/α-hetero) is 1. The van der Waals surface area contributed by atoms with Crippen LogP contribution in [0.1, 0.15) is 17.4 Å². The van der Waals surface area contributed by atoms with E-state index in [2.05, 4.69) is 9.71 Å². The average molecular weight is 327 g/mol. The van der Waals surface area contributed by atoms with E-state index >= 15 is 0 Å². The monoisotopic (exact) mass is 327 g/mol. The molecule has 110 valence electrons. The highest BCUT2D eigenvalue weighted by molar-refractivity contribution is 7.93. The fourth-order valence-corrected chi connectivity index (χ4v) is 3.41. The molecule has 2 rings (SSSR count). The van der Waals surface area contributed by atoms with Gasteiger partial charge in [0.15, 0.2) is 10.9 Å². The molecule has 8 nitrogen and oxygen atoms in total. The lowest BCUT2D eigenvalue weighted by Gasteiger charge is -2.04. The third-order valence-corrected chi connectivity index (χ3v) is 4.69. The van der Waals surface area contributed by atoms with Crippen molar-refractivity contribution >= 4 is 38.0 Å². The molecule has 10 heteroatoms. The highest BCUT2D eigenvalue weighted by Crippen LogP contribution is 2.21. The van der Waals surface area contributed by atoms with Crippen molar-refractivity contribution in [2.24, 2.45) is 0 Å². The molecule has 0 unspecified atom stereocenters. The van der Waals surface area contributed by atoms with Gasteiger partial charge in [-0.1, -0.05) is 0 Å². The largest absolute Gasteiger partial charge is 0.293 e. The van der Waals surface area contributed by atoms with Crippen molar-refractivity contribution in [3.8, 4) is 0 Å². The Morgan fingerprint density at radius 3 is 2.43 bits per heavy atom. The zero-order valence-electron chi connectivity index (χ0n) is 10.6. The van der Waals surface area contributed by atoms with Gasteiger partial charge in [0, 0.05) is 24.4 Å². The molecule has 0 bridgehead atoms. The lowest BCUT2D eigenvalue weighted by molar-refractivity contribution is -0.384. The van der Waals surface area contributed by atoms with E-state index in [4.69, 9.17) is 0 Å². The molecule has 0 saturated carbocycles. The predicted octanol–water partition coefficient (Wildman–Crippen LogP) is 2.05. The summed E-state index contributed by atoms with van der Waals surface area (Å²) in [6.07, 6.45) is 0. The molecule has 0 saturated heterocycles. The van der Waals surface area contributed by atoms with Gasteiger partial charge in [-0.3, -0.25) is 19.6 Å². The summed E-state index contributed by atoms with van der Waals surface area (Å²) >= 11 is 0.977. The number of hydrogen-bond donors (Lipinski definition) is 1. The maximum atomic E-state index is 12.1. The highest BCUT2D eigenvalue weighted by atomic mass is 32.2. The fourth-order valence-electron chi connectivity index (χ4n) is 1.40. The minimum absolute atomic E-state index is 0.0542.